The zero-order valence-corrected chi connectivity index (χ0v) is 27.4. The number of hydrogen-bond acceptors (Lipinski definition) is 12. The number of aromatic nitrogens is 2. The fourth-order valence-electron chi connectivity index (χ4n) is 9.45. The molecule has 13 heteroatoms. The Morgan fingerprint density at radius 3 is 2.70 bits per heavy atom. The summed E-state index contributed by atoms with van der Waals surface area (Å²) in [7, 11) is 0. The fourth-order valence-corrected chi connectivity index (χ4v) is 10.4. The molecule has 46 heavy (non-hydrogen) atoms. The monoisotopic (exact) mass is 659 g/mol. The number of nitrogen functional groups attached to an aromatic ring is 1. The van der Waals surface area contributed by atoms with Crippen LogP contribution in [0.25, 0.3) is 0 Å². The number of nitrogens with zero attached hydrogens (tertiary/aromatic N) is 2. The molecule has 3 saturated carbocycles. The Morgan fingerprint density at radius 1 is 1.24 bits per heavy atom. The summed E-state index contributed by atoms with van der Waals surface area (Å²) in [6, 6.07) is 1.54. The molecule has 2 aliphatic heterocycles. The number of aliphatic hydroxyl groups excluding tert-OH is 3. The molecule has 0 amide bonds. The van der Waals surface area contributed by atoms with Gasteiger partial charge in [0.2, 0.25) is 0 Å². The van der Waals surface area contributed by atoms with Gasteiger partial charge in [0, 0.05) is 28.7 Å². The van der Waals surface area contributed by atoms with Crippen molar-refractivity contribution in [2.45, 2.75) is 95.1 Å². The summed E-state index contributed by atoms with van der Waals surface area (Å²) in [6.07, 6.45) is 9.50. The second-order valence-electron chi connectivity index (χ2n) is 13.8. The number of allylic oxidation sites excluding steroid dienone is 4. The van der Waals surface area contributed by atoms with E-state index >= 15 is 0 Å². The smallest absolute Gasteiger partial charge is 0.351 e. The highest BCUT2D eigenvalue weighted by molar-refractivity contribution is 8.00. The number of nitrogens with two attached hydrogens (primary N) is 1. The highest BCUT2D eigenvalue weighted by Crippen LogP contribution is 2.69. The van der Waals surface area contributed by atoms with Gasteiger partial charge in [-0.2, -0.15) is 4.98 Å². The van der Waals surface area contributed by atoms with Crippen molar-refractivity contribution in [1.82, 2.24) is 9.55 Å². The highest BCUT2D eigenvalue weighted by Gasteiger charge is 2.75. The lowest BCUT2D eigenvalue weighted by Crippen LogP contribution is -2.63. The zero-order chi connectivity index (χ0) is 33.0. The number of thioether (sulfide) groups is 1. The molecule has 1 aromatic heterocycles. The van der Waals surface area contributed by atoms with Crippen LogP contribution in [-0.4, -0.2) is 84.9 Å². The molecule has 7 rings (SSSR count). The van der Waals surface area contributed by atoms with Crippen molar-refractivity contribution in [3.05, 3.63) is 46.5 Å². The van der Waals surface area contributed by atoms with Gasteiger partial charge in [0.1, 0.15) is 24.1 Å². The maximum absolute atomic E-state index is 13.2. The van der Waals surface area contributed by atoms with Crippen LogP contribution in [-0.2, 0) is 23.8 Å². The third kappa shape index (κ3) is 5.22. The molecular formula is C33H45N3O9S. The van der Waals surface area contributed by atoms with Crippen LogP contribution < -0.4 is 11.4 Å². The second kappa shape index (κ2) is 12.6. The molecule has 252 valence electrons. The number of fused-ring (bicyclic) bond motifs is 7. The van der Waals surface area contributed by atoms with Crippen molar-refractivity contribution in [2.75, 3.05) is 24.7 Å². The summed E-state index contributed by atoms with van der Waals surface area (Å²) in [6.45, 7) is 5.62. The minimum atomic E-state index is -1.20. The Balaban J connectivity index is 0.000000208. The number of carbonyl (C=O) groups is 2. The molecule has 6 aliphatic rings. The minimum absolute atomic E-state index is 0.0125. The number of carbonyl (C=O) groups excluding carboxylic acids is 2. The van der Waals surface area contributed by atoms with Crippen LogP contribution in [0.1, 0.15) is 65.5 Å². The Kier molecular flexibility index (Phi) is 9.16. The first-order chi connectivity index (χ1) is 21.9. The average Bonchev–Trinajstić information content (AvgIpc) is 3.70. The van der Waals surface area contributed by atoms with E-state index in [9.17, 15) is 24.6 Å². The molecule has 2 saturated heterocycles. The van der Waals surface area contributed by atoms with Crippen LogP contribution in [0.5, 0.6) is 0 Å². The molecule has 4 aliphatic carbocycles. The number of aliphatic hydroxyl groups is 3. The van der Waals surface area contributed by atoms with E-state index in [1.807, 2.05) is 6.08 Å². The van der Waals surface area contributed by atoms with Gasteiger partial charge in [-0.05, 0) is 62.2 Å². The Bertz CT molecular complexity index is 1480. The van der Waals surface area contributed by atoms with Crippen LogP contribution >= 0.6 is 11.8 Å². The zero-order valence-electron chi connectivity index (χ0n) is 26.5. The first-order valence-electron chi connectivity index (χ1n) is 16.2. The number of rotatable bonds is 6. The Labute approximate surface area is 272 Å². The molecular weight excluding hydrogens is 614 g/mol. The summed E-state index contributed by atoms with van der Waals surface area (Å²) < 4.78 is 19.5. The lowest BCUT2D eigenvalue weighted by molar-refractivity contribution is -0.200. The Morgan fingerprint density at radius 2 is 2.02 bits per heavy atom. The average molecular weight is 660 g/mol. The van der Waals surface area contributed by atoms with E-state index in [4.69, 9.17) is 25.1 Å². The van der Waals surface area contributed by atoms with Gasteiger partial charge in [0.25, 0.3) is 0 Å². The van der Waals surface area contributed by atoms with Crippen molar-refractivity contribution in [1.29, 1.82) is 0 Å². The van der Waals surface area contributed by atoms with Gasteiger partial charge in [-0.15, -0.1) is 11.8 Å². The van der Waals surface area contributed by atoms with Crippen LogP contribution in [0.3, 0.4) is 0 Å². The number of anilines is 1. The van der Waals surface area contributed by atoms with E-state index in [0.717, 1.165) is 24.8 Å². The van der Waals surface area contributed by atoms with Crippen molar-refractivity contribution in [2.24, 2.45) is 28.6 Å². The van der Waals surface area contributed by atoms with E-state index in [1.54, 1.807) is 24.4 Å². The van der Waals surface area contributed by atoms with E-state index < -0.39 is 41.8 Å². The summed E-state index contributed by atoms with van der Waals surface area (Å²) in [5.74, 6) is 0.844. The predicted molar refractivity (Wildman–Crippen MR) is 169 cm³/mol. The summed E-state index contributed by atoms with van der Waals surface area (Å²) >= 11 is 1.47. The van der Waals surface area contributed by atoms with Gasteiger partial charge < -0.3 is 35.3 Å². The number of ether oxygens (including phenoxy) is 3. The summed E-state index contributed by atoms with van der Waals surface area (Å²) in [4.78, 5) is 40.3. The van der Waals surface area contributed by atoms with Gasteiger partial charge in [0.15, 0.2) is 23.5 Å². The van der Waals surface area contributed by atoms with Crippen molar-refractivity contribution in [3.8, 4) is 0 Å². The van der Waals surface area contributed by atoms with Crippen molar-refractivity contribution in [3.63, 3.8) is 0 Å². The van der Waals surface area contributed by atoms with Crippen LogP contribution in [0.4, 0.5) is 5.82 Å². The molecule has 5 N–H and O–H groups in total. The molecule has 0 aromatic carbocycles. The van der Waals surface area contributed by atoms with Crippen LogP contribution in [0.2, 0.25) is 0 Å². The second-order valence-corrected chi connectivity index (χ2v) is 15.0. The Hall–Kier alpha value is -2.39. The van der Waals surface area contributed by atoms with Gasteiger partial charge >= 0.3 is 5.69 Å². The first kappa shape index (κ1) is 33.5. The number of Topliss-reactive ketones (excluding diaryl/α,β-unsaturated/α-hetero) is 1. The van der Waals surface area contributed by atoms with E-state index in [0.29, 0.717) is 25.0 Å². The quantitative estimate of drug-likeness (QED) is 0.350. The lowest BCUT2D eigenvalue weighted by atomic mass is 9.46. The topological polar surface area (TPSA) is 183 Å². The highest BCUT2D eigenvalue weighted by atomic mass is 32.2. The summed E-state index contributed by atoms with van der Waals surface area (Å²) in [5.41, 5.74) is 3.63. The molecule has 0 radical (unpaired) electrons. The van der Waals surface area contributed by atoms with Crippen molar-refractivity contribution < 1.29 is 39.1 Å². The van der Waals surface area contributed by atoms with E-state index in [-0.39, 0.29) is 58.8 Å². The molecule has 0 spiro atoms. The third-order valence-electron chi connectivity index (χ3n) is 11.4. The fraction of sp³-hybridized carbons (Fsp3) is 0.697. The van der Waals surface area contributed by atoms with Gasteiger partial charge in [-0.25, -0.2) is 4.79 Å². The molecule has 0 bridgehead atoms. The van der Waals surface area contributed by atoms with E-state index in [1.165, 1.54) is 16.3 Å². The lowest BCUT2D eigenvalue weighted by Gasteiger charge is -2.59. The van der Waals surface area contributed by atoms with Gasteiger partial charge in [0.05, 0.1) is 18.8 Å². The first-order valence-corrected chi connectivity index (χ1v) is 17.3. The molecule has 5 fully saturated rings. The van der Waals surface area contributed by atoms with Crippen LogP contribution in [0.15, 0.2) is 40.9 Å². The van der Waals surface area contributed by atoms with Crippen LogP contribution in [0, 0.1) is 28.6 Å². The standard InChI is InChI=1S/C25H34O6.C8H11N3O3S/c1-4-5-21-30-20-11-17-16-7-6-14-10-15(27)8-9-23(14,2)22(16)18(28)12-24(17,3)25(20,31-21)19(29)13-26;9-5-1-2-11(8(13)10-5)6-4-15-7(3-12)14-6/h8-10,16-18,20-22,26,28H,4-7,11-13H2,1-3H3;1-2,6-7,12H,3-4H2,(H2,9,10,13)/t16-,17-,18-,20+,21?,22+,23-,24-,25+;6-,7+/m00/s1. The predicted octanol–water partition coefficient (Wildman–Crippen LogP) is 2.12. The number of ketones is 2. The summed E-state index contributed by atoms with van der Waals surface area (Å²) in [5, 5.41) is 30.3. The SMILES string of the molecule is CCCC1O[C@@H]2C[C@H]3[C@@H]4CCC5=CC(=O)C=C[C@]5(C)[C@H]4[C@@H](O)C[C@]3(C)[C@]2(C(=O)CO)O1.Nc1ccn([C@@H]2CS[C@H](CO)O2)c(=O)n1. The maximum atomic E-state index is 13.2. The molecule has 11 atom stereocenters. The molecule has 12 nitrogen and oxygen atoms in total. The minimum Gasteiger partial charge on any atom is -0.393 e. The number of hydrogen-bond donors (Lipinski definition) is 4. The molecule has 1 unspecified atom stereocenters. The van der Waals surface area contributed by atoms with Gasteiger partial charge in [-0.1, -0.05) is 38.8 Å². The third-order valence-corrected chi connectivity index (χ3v) is 12.5. The normalized spacial score (nSPS) is 42.3. The maximum Gasteiger partial charge on any atom is 0.351 e. The van der Waals surface area contributed by atoms with Crippen molar-refractivity contribution >= 4 is 29.1 Å². The molecule has 3 heterocycles. The van der Waals surface area contributed by atoms with Gasteiger partial charge in [-0.3, -0.25) is 14.2 Å². The van der Waals surface area contributed by atoms with E-state index in [2.05, 4.69) is 25.8 Å². The largest absolute Gasteiger partial charge is 0.393 e. The molecule has 1 aromatic rings.